The number of rotatable bonds is 6. The number of hydrogen-bond donors (Lipinski definition) is 1. The van der Waals surface area contributed by atoms with E-state index >= 15 is 0 Å². The highest BCUT2D eigenvalue weighted by Gasteiger charge is 2.08. The maximum absolute atomic E-state index is 4.84. The van der Waals surface area contributed by atoms with Gasteiger partial charge in [0, 0.05) is 20.2 Å². The Morgan fingerprint density at radius 2 is 2.00 bits per heavy atom. The summed E-state index contributed by atoms with van der Waals surface area (Å²) in [7, 11) is 5.42. The average Bonchev–Trinajstić information content (AvgIpc) is 3.13. The standard InChI is InChI=1S/C18H20N6OS/c1-12(23-25-4)14-8-9-15(26-14)13-6-5-7-16(21-13)22-17-10-18(24(2)3)20-11-19-17/h5-11H,1-4H3,(H,19,20,21,22). The Balaban J connectivity index is 1.83. The predicted octanol–water partition coefficient (Wildman–Crippen LogP) is 3.78. The first-order chi connectivity index (χ1) is 12.6. The number of anilines is 3. The second kappa shape index (κ2) is 7.92. The Morgan fingerprint density at radius 3 is 2.77 bits per heavy atom. The summed E-state index contributed by atoms with van der Waals surface area (Å²) < 4.78 is 0. The lowest BCUT2D eigenvalue weighted by Crippen LogP contribution is -2.11. The minimum atomic E-state index is 0.697. The minimum Gasteiger partial charge on any atom is -0.399 e. The number of nitrogens with one attached hydrogen (secondary N) is 1. The van der Waals surface area contributed by atoms with Crippen molar-refractivity contribution in [3.05, 3.63) is 47.6 Å². The van der Waals surface area contributed by atoms with Crippen LogP contribution >= 0.6 is 11.3 Å². The molecule has 3 rings (SSSR count). The molecule has 0 aliphatic rings. The van der Waals surface area contributed by atoms with Crippen molar-refractivity contribution in [3.8, 4) is 10.6 Å². The molecule has 0 radical (unpaired) electrons. The number of aromatic nitrogens is 3. The van der Waals surface area contributed by atoms with Gasteiger partial charge in [-0.2, -0.15) is 0 Å². The largest absolute Gasteiger partial charge is 0.399 e. The van der Waals surface area contributed by atoms with Crippen LogP contribution in [0.2, 0.25) is 0 Å². The van der Waals surface area contributed by atoms with Gasteiger partial charge >= 0.3 is 0 Å². The van der Waals surface area contributed by atoms with Crippen LogP contribution in [0.15, 0.2) is 47.9 Å². The molecule has 8 heteroatoms. The number of hydrogen-bond acceptors (Lipinski definition) is 8. The summed E-state index contributed by atoms with van der Waals surface area (Å²) >= 11 is 1.62. The van der Waals surface area contributed by atoms with Crippen molar-refractivity contribution in [1.82, 2.24) is 15.0 Å². The van der Waals surface area contributed by atoms with Gasteiger partial charge in [-0.25, -0.2) is 15.0 Å². The molecule has 3 heterocycles. The topological polar surface area (TPSA) is 75.5 Å². The van der Waals surface area contributed by atoms with Gasteiger partial charge in [0.2, 0.25) is 0 Å². The molecule has 0 bridgehead atoms. The van der Waals surface area contributed by atoms with Crippen LogP contribution in [0.5, 0.6) is 0 Å². The third-order valence-corrected chi connectivity index (χ3v) is 4.78. The molecule has 0 aliphatic heterocycles. The van der Waals surface area contributed by atoms with Crippen LogP contribution in [-0.4, -0.2) is 41.9 Å². The van der Waals surface area contributed by atoms with Crippen molar-refractivity contribution in [2.24, 2.45) is 5.16 Å². The Bertz CT molecular complexity index is 921. The van der Waals surface area contributed by atoms with E-state index in [4.69, 9.17) is 4.84 Å². The first-order valence-electron chi connectivity index (χ1n) is 7.98. The molecule has 0 aliphatic carbocycles. The van der Waals surface area contributed by atoms with Gasteiger partial charge in [-0.15, -0.1) is 11.3 Å². The van der Waals surface area contributed by atoms with Crippen LogP contribution < -0.4 is 10.2 Å². The number of oxime groups is 1. The van der Waals surface area contributed by atoms with Gasteiger partial charge in [-0.1, -0.05) is 11.2 Å². The molecule has 0 saturated carbocycles. The summed E-state index contributed by atoms with van der Waals surface area (Å²) in [6.07, 6.45) is 1.53. The highest BCUT2D eigenvalue weighted by atomic mass is 32.1. The quantitative estimate of drug-likeness (QED) is 0.527. The monoisotopic (exact) mass is 368 g/mol. The van der Waals surface area contributed by atoms with E-state index in [9.17, 15) is 0 Å². The normalized spacial score (nSPS) is 11.3. The van der Waals surface area contributed by atoms with Gasteiger partial charge in [-0.05, 0) is 31.2 Å². The smallest absolute Gasteiger partial charge is 0.137 e. The molecule has 26 heavy (non-hydrogen) atoms. The third kappa shape index (κ3) is 4.15. The highest BCUT2D eigenvalue weighted by Crippen LogP contribution is 2.28. The SMILES string of the molecule is CON=C(C)c1ccc(-c2cccc(Nc3cc(N(C)C)ncn3)n2)s1. The molecular formula is C18H20N6OS. The molecule has 1 N–H and O–H groups in total. The van der Waals surface area contributed by atoms with Crippen LogP contribution in [-0.2, 0) is 4.84 Å². The Kier molecular flexibility index (Phi) is 5.43. The molecule has 0 amide bonds. The van der Waals surface area contributed by atoms with E-state index in [2.05, 4.69) is 25.4 Å². The van der Waals surface area contributed by atoms with E-state index in [0.717, 1.165) is 32.8 Å². The summed E-state index contributed by atoms with van der Waals surface area (Å²) in [4.78, 5) is 22.0. The van der Waals surface area contributed by atoms with Gasteiger partial charge in [-0.3, -0.25) is 0 Å². The van der Waals surface area contributed by atoms with Gasteiger partial charge in [0.25, 0.3) is 0 Å². The zero-order valence-electron chi connectivity index (χ0n) is 15.1. The zero-order chi connectivity index (χ0) is 18.5. The molecule has 0 fully saturated rings. The number of nitrogens with zero attached hydrogens (tertiary/aromatic N) is 5. The fourth-order valence-electron chi connectivity index (χ4n) is 2.28. The summed E-state index contributed by atoms with van der Waals surface area (Å²) in [6, 6.07) is 11.8. The zero-order valence-corrected chi connectivity index (χ0v) is 15.9. The van der Waals surface area contributed by atoms with Gasteiger partial charge < -0.3 is 15.1 Å². The van der Waals surface area contributed by atoms with Crippen LogP contribution in [0.1, 0.15) is 11.8 Å². The van der Waals surface area contributed by atoms with Crippen molar-refractivity contribution in [2.45, 2.75) is 6.92 Å². The van der Waals surface area contributed by atoms with Gasteiger partial charge in [0.1, 0.15) is 30.9 Å². The summed E-state index contributed by atoms with van der Waals surface area (Å²) in [5.74, 6) is 2.25. The summed E-state index contributed by atoms with van der Waals surface area (Å²) in [5, 5.41) is 7.21. The van der Waals surface area contributed by atoms with Gasteiger partial charge in [0.15, 0.2) is 0 Å². The van der Waals surface area contributed by atoms with E-state index < -0.39 is 0 Å². The molecular weight excluding hydrogens is 348 g/mol. The molecule has 0 aromatic carbocycles. The van der Waals surface area contributed by atoms with E-state index in [-0.39, 0.29) is 0 Å². The molecule has 0 saturated heterocycles. The van der Waals surface area contributed by atoms with E-state index in [0.29, 0.717) is 5.82 Å². The van der Waals surface area contributed by atoms with Crippen molar-refractivity contribution >= 4 is 34.5 Å². The van der Waals surface area contributed by atoms with Crippen molar-refractivity contribution in [3.63, 3.8) is 0 Å². The Labute approximate surface area is 156 Å². The summed E-state index contributed by atoms with van der Waals surface area (Å²) in [6.45, 7) is 1.92. The average molecular weight is 368 g/mol. The third-order valence-electron chi connectivity index (χ3n) is 3.56. The van der Waals surface area contributed by atoms with Crippen LogP contribution in [0.4, 0.5) is 17.5 Å². The second-order valence-electron chi connectivity index (χ2n) is 5.71. The second-order valence-corrected chi connectivity index (χ2v) is 6.80. The fourth-order valence-corrected chi connectivity index (χ4v) is 3.20. The molecule has 0 atom stereocenters. The highest BCUT2D eigenvalue weighted by molar-refractivity contribution is 7.17. The van der Waals surface area contributed by atoms with E-state index in [1.807, 2.05) is 62.3 Å². The van der Waals surface area contributed by atoms with Crippen molar-refractivity contribution < 1.29 is 4.84 Å². The van der Waals surface area contributed by atoms with E-state index in [1.165, 1.54) is 6.33 Å². The summed E-state index contributed by atoms with van der Waals surface area (Å²) in [5.41, 5.74) is 1.73. The maximum atomic E-state index is 4.84. The Morgan fingerprint density at radius 1 is 1.15 bits per heavy atom. The molecule has 0 spiro atoms. The lowest BCUT2D eigenvalue weighted by atomic mass is 10.3. The fraction of sp³-hybridized carbons (Fsp3) is 0.222. The molecule has 134 valence electrons. The minimum absolute atomic E-state index is 0.697. The number of thiophene rings is 1. The molecule has 7 nitrogen and oxygen atoms in total. The predicted molar refractivity (Wildman–Crippen MR) is 106 cm³/mol. The Hall–Kier alpha value is -3.00. The van der Waals surface area contributed by atoms with Crippen LogP contribution in [0.25, 0.3) is 10.6 Å². The lowest BCUT2D eigenvalue weighted by molar-refractivity contribution is 0.213. The van der Waals surface area contributed by atoms with Gasteiger partial charge in [0.05, 0.1) is 21.2 Å². The first kappa shape index (κ1) is 17.8. The molecule has 3 aromatic heterocycles. The maximum Gasteiger partial charge on any atom is 0.137 e. The number of pyridine rings is 1. The molecule has 0 unspecified atom stereocenters. The first-order valence-corrected chi connectivity index (χ1v) is 8.80. The van der Waals surface area contributed by atoms with Crippen molar-refractivity contribution in [1.29, 1.82) is 0 Å². The van der Waals surface area contributed by atoms with E-state index in [1.54, 1.807) is 18.4 Å². The lowest BCUT2D eigenvalue weighted by Gasteiger charge is -2.12. The van der Waals surface area contributed by atoms with Crippen LogP contribution in [0, 0.1) is 0 Å². The van der Waals surface area contributed by atoms with Crippen molar-refractivity contribution in [2.75, 3.05) is 31.4 Å². The molecule has 3 aromatic rings. The van der Waals surface area contributed by atoms with Crippen LogP contribution in [0.3, 0.4) is 0 Å².